The summed E-state index contributed by atoms with van der Waals surface area (Å²) in [6, 6.07) is 4.46. The molecule has 7 heteroatoms. The lowest BCUT2D eigenvalue weighted by molar-refractivity contribution is 0.145. The molecule has 0 aromatic heterocycles. The second-order valence-corrected chi connectivity index (χ2v) is 4.87. The van der Waals surface area contributed by atoms with E-state index in [2.05, 4.69) is 15.6 Å². The Labute approximate surface area is 153 Å². The minimum atomic E-state index is -0.316. The second-order valence-electron chi connectivity index (χ2n) is 4.46. The lowest BCUT2D eigenvalue weighted by Crippen LogP contribution is -2.39. The molecule has 0 aliphatic carbocycles. The van der Waals surface area contributed by atoms with Gasteiger partial charge in [-0.05, 0) is 37.5 Å². The molecule has 4 nitrogen and oxygen atoms in total. The fourth-order valence-corrected chi connectivity index (χ4v) is 2.05. The number of halogens is 3. The molecule has 0 fully saturated rings. The zero-order chi connectivity index (χ0) is 15.5. The van der Waals surface area contributed by atoms with Gasteiger partial charge >= 0.3 is 0 Å². The van der Waals surface area contributed by atoms with Crippen LogP contribution in [-0.2, 0) is 11.2 Å². The summed E-state index contributed by atoms with van der Waals surface area (Å²) in [4.78, 5) is 4.13. The summed E-state index contributed by atoms with van der Waals surface area (Å²) >= 11 is 5.98. The average molecular weight is 444 g/mol. The lowest BCUT2D eigenvalue weighted by Gasteiger charge is -2.12. The molecule has 2 N–H and O–H groups in total. The van der Waals surface area contributed by atoms with Crippen molar-refractivity contribution >= 4 is 41.5 Å². The van der Waals surface area contributed by atoms with Gasteiger partial charge in [0.25, 0.3) is 0 Å². The van der Waals surface area contributed by atoms with Gasteiger partial charge in [-0.3, -0.25) is 4.99 Å². The van der Waals surface area contributed by atoms with Crippen molar-refractivity contribution in [2.45, 2.75) is 19.8 Å². The van der Waals surface area contributed by atoms with E-state index < -0.39 is 0 Å². The molecule has 0 aliphatic heterocycles. The molecule has 0 radical (unpaired) electrons. The van der Waals surface area contributed by atoms with E-state index in [9.17, 15) is 4.39 Å². The minimum absolute atomic E-state index is 0. The third-order valence-electron chi connectivity index (χ3n) is 2.89. The number of nitrogens with one attached hydrogen (secondary N) is 2. The van der Waals surface area contributed by atoms with Crippen molar-refractivity contribution in [1.29, 1.82) is 0 Å². The van der Waals surface area contributed by atoms with E-state index in [4.69, 9.17) is 16.3 Å². The molecule has 1 rings (SSSR count). The van der Waals surface area contributed by atoms with Gasteiger partial charge in [0.2, 0.25) is 0 Å². The minimum Gasteiger partial charge on any atom is -0.382 e. The van der Waals surface area contributed by atoms with Crippen LogP contribution in [0.4, 0.5) is 4.39 Å². The number of ether oxygens (including phenoxy) is 1. The number of aliphatic imine (C=N–C) groups is 1. The van der Waals surface area contributed by atoms with Crippen molar-refractivity contribution in [1.82, 2.24) is 10.6 Å². The van der Waals surface area contributed by atoms with Gasteiger partial charge in [0.15, 0.2) is 5.96 Å². The third kappa shape index (κ3) is 8.75. The monoisotopic (exact) mass is 443 g/mol. The summed E-state index contributed by atoms with van der Waals surface area (Å²) in [6.45, 7) is 4.94. The second kappa shape index (κ2) is 12.9. The Morgan fingerprint density at radius 2 is 2.05 bits per heavy atom. The van der Waals surface area contributed by atoms with Crippen LogP contribution in [0.1, 0.15) is 18.9 Å². The van der Waals surface area contributed by atoms with Gasteiger partial charge in [0.05, 0.1) is 0 Å². The first-order valence-corrected chi connectivity index (χ1v) is 7.51. The van der Waals surface area contributed by atoms with E-state index in [-0.39, 0.29) is 29.8 Å². The molecular weight excluding hydrogens is 420 g/mol. The van der Waals surface area contributed by atoms with Crippen LogP contribution in [-0.4, -0.2) is 39.3 Å². The van der Waals surface area contributed by atoms with Crippen molar-refractivity contribution < 1.29 is 9.13 Å². The molecule has 0 atom stereocenters. The molecule has 1 aromatic rings. The highest BCUT2D eigenvalue weighted by molar-refractivity contribution is 14.0. The van der Waals surface area contributed by atoms with Crippen LogP contribution < -0.4 is 10.6 Å². The van der Waals surface area contributed by atoms with Crippen LogP contribution in [0.15, 0.2) is 23.2 Å². The molecule has 1 aromatic carbocycles. The summed E-state index contributed by atoms with van der Waals surface area (Å²) in [5.41, 5.74) is 0.914. The van der Waals surface area contributed by atoms with Gasteiger partial charge in [-0.2, -0.15) is 0 Å². The maximum Gasteiger partial charge on any atom is 0.190 e. The van der Waals surface area contributed by atoms with E-state index >= 15 is 0 Å². The fourth-order valence-electron chi connectivity index (χ4n) is 1.79. The molecule has 0 amide bonds. The van der Waals surface area contributed by atoms with E-state index in [1.165, 1.54) is 12.1 Å². The van der Waals surface area contributed by atoms with Gasteiger partial charge in [-0.15, -0.1) is 24.0 Å². The molecule has 126 valence electrons. The van der Waals surface area contributed by atoms with E-state index in [1.807, 2.05) is 6.92 Å². The maximum absolute atomic E-state index is 12.9. The largest absolute Gasteiger partial charge is 0.382 e. The molecule has 0 bridgehead atoms. The summed E-state index contributed by atoms with van der Waals surface area (Å²) in [7, 11) is 1.72. The first kappa shape index (κ1) is 21.4. The molecule has 0 saturated heterocycles. The summed E-state index contributed by atoms with van der Waals surface area (Å²) in [6.07, 6.45) is 1.64. The number of nitrogens with zero attached hydrogens (tertiary/aromatic N) is 1. The highest BCUT2D eigenvalue weighted by Gasteiger charge is 2.03. The zero-order valence-corrected chi connectivity index (χ0v) is 16.1. The highest BCUT2D eigenvalue weighted by atomic mass is 127. The molecule has 22 heavy (non-hydrogen) atoms. The van der Waals surface area contributed by atoms with Crippen molar-refractivity contribution in [3.8, 4) is 0 Å². The van der Waals surface area contributed by atoms with Crippen molar-refractivity contribution in [3.05, 3.63) is 34.6 Å². The molecule has 0 aliphatic rings. The average Bonchev–Trinajstić information content (AvgIpc) is 2.47. The smallest absolute Gasteiger partial charge is 0.190 e. The van der Waals surface area contributed by atoms with Crippen LogP contribution in [0.25, 0.3) is 0 Å². The van der Waals surface area contributed by atoms with E-state index in [0.717, 1.165) is 37.7 Å². The maximum atomic E-state index is 12.9. The Kier molecular flexibility index (Phi) is 12.5. The quantitative estimate of drug-likeness (QED) is 0.281. The molecule has 0 saturated carbocycles. The van der Waals surface area contributed by atoms with Crippen LogP contribution >= 0.6 is 35.6 Å². The van der Waals surface area contributed by atoms with Gasteiger partial charge in [-0.25, -0.2) is 4.39 Å². The Morgan fingerprint density at radius 3 is 2.68 bits per heavy atom. The number of rotatable bonds is 8. The number of benzene rings is 1. The Hall–Kier alpha value is -0.600. The SMILES string of the molecule is CCOCCCNC(=NC)NCCc1ccc(F)cc1Cl.I. The van der Waals surface area contributed by atoms with Crippen LogP contribution in [0.2, 0.25) is 5.02 Å². The first-order valence-electron chi connectivity index (χ1n) is 7.13. The normalized spacial score (nSPS) is 11.0. The summed E-state index contributed by atoms with van der Waals surface area (Å²) in [5, 5.41) is 6.86. The number of guanidine groups is 1. The van der Waals surface area contributed by atoms with Gasteiger partial charge in [0.1, 0.15) is 5.82 Å². The number of hydrogen-bond acceptors (Lipinski definition) is 2. The summed E-state index contributed by atoms with van der Waals surface area (Å²) in [5.74, 6) is 0.424. The van der Waals surface area contributed by atoms with E-state index in [1.54, 1.807) is 13.1 Å². The fraction of sp³-hybridized carbons (Fsp3) is 0.533. The van der Waals surface area contributed by atoms with Crippen LogP contribution in [0.5, 0.6) is 0 Å². The van der Waals surface area contributed by atoms with E-state index in [0.29, 0.717) is 18.0 Å². The predicted molar refractivity (Wildman–Crippen MR) is 101 cm³/mol. The van der Waals surface area contributed by atoms with Gasteiger partial charge in [-0.1, -0.05) is 17.7 Å². The molecule has 0 heterocycles. The number of hydrogen-bond donors (Lipinski definition) is 2. The highest BCUT2D eigenvalue weighted by Crippen LogP contribution is 2.17. The van der Waals surface area contributed by atoms with Crippen molar-refractivity contribution in [2.75, 3.05) is 33.4 Å². The van der Waals surface area contributed by atoms with Crippen molar-refractivity contribution in [2.24, 2.45) is 4.99 Å². The Balaban J connectivity index is 0.00000441. The first-order chi connectivity index (χ1) is 10.2. The molecule has 0 unspecified atom stereocenters. The van der Waals surface area contributed by atoms with Crippen LogP contribution in [0.3, 0.4) is 0 Å². The van der Waals surface area contributed by atoms with Crippen LogP contribution in [0, 0.1) is 5.82 Å². The Bertz CT molecular complexity index is 460. The van der Waals surface area contributed by atoms with Gasteiger partial charge in [0, 0.05) is 38.4 Å². The van der Waals surface area contributed by atoms with Crippen molar-refractivity contribution in [3.63, 3.8) is 0 Å². The van der Waals surface area contributed by atoms with Gasteiger partial charge < -0.3 is 15.4 Å². The standard InChI is InChI=1S/C15H23ClFN3O.HI/c1-3-21-10-4-8-19-15(18-2)20-9-7-12-5-6-13(17)11-14(12)16;/h5-6,11H,3-4,7-10H2,1-2H3,(H2,18,19,20);1H. The molecule has 0 spiro atoms. The summed E-state index contributed by atoms with van der Waals surface area (Å²) < 4.78 is 18.2. The predicted octanol–water partition coefficient (Wildman–Crippen LogP) is 3.23. The lowest BCUT2D eigenvalue weighted by atomic mass is 10.1. The zero-order valence-electron chi connectivity index (χ0n) is 13.0. The Morgan fingerprint density at radius 1 is 1.32 bits per heavy atom. The topological polar surface area (TPSA) is 45.6 Å². The molecular formula is C15H24ClFIN3O. The third-order valence-corrected chi connectivity index (χ3v) is 3.24.